The molecule has 0 bridgehead atoms. The predicted molar refractivity (Wildman–Crippen MR) is 186 cm³/mol. The molecule has 3 aliphatic carbocycles. The van der Waals surface area contributed by atoms with E-state index in [2.05, 4.69) is 134 Å². The van der Waals surface area contributed by atoms with Crippen LogP contribution in [0.1, 0.15) is 106 Å². The van der Waals surface area contributed by atoms with Gasteiger partial charge in [-0.3, -0.25) is 0 Å². The Labute approximate surface area is 269 Å². The Bertz CT molecular complexity index is 1730. The van der Waals surface area contributed by atoms with Crippen molar-refractivity contribution in [1.82, 2.24) is 0 Å². The molecule has 4 aromatic rings. The van der Waals surface area contributed by atoms with Gasteiger partial charge < -0.3 is 0 Å². The van der Waals surface area contributed by atoms with E-state index in [1.165, 1.54) is 70.2 Å². The first kappa shape index (κ1) is 28.7. The molecule has 4 aromatic carbocycles. The van der Waals surface area contributed by atoms with Crippen LogP contribution < -0.4 is 0 Å². The van der Waals surface area contributed by atoms with Gasteiger partial charge in [-0.1, -0.05) is 0 Å². The first-order chi connectivity index (χ1) is 21.2. The minimum absolute atomic E-state index is 0.219. The second-order valence-corrected chi connectivity index (χ2v) is 32.6. The number of allylic oxidation sites excluding steroid dienone is 2. The van der Waals surface area contributed by atoms with Crippen LogP contribution >= 0.6 is 0 Å². The normalized spacial score (nSPS) is 22.1. The average molecular weight is 741 g/mol. The molecule has 1 spiro atoms. The van der Waals surface area contributed by atoms with Crippen LogP contribution in [0.2, 0.25) is 9.36 Å². The fraction of sp³-hybridized carbons (Fsp3) is 0.349. The number of hydrogen-bond acceptors (Lipinski definition) is 0. The topological polar surface area (TPSA) is 0 Å². The molecule has 0 radical (unpaired) electrons. The molecular formula is C43H46Hf. The van der Waals surface area contributed by atoms with E-state index >= 15 is 0 Å². The maximum absolute atomic E-state index is 3.06. The van der Waals surface area contributed by atoms with Crippen LogP contribution in [0.15, 0.2) is 96.1 Å². The third kappa shape index (κ3) is 4.10. The van der Waals surface area contributed by atoms with Crippen molar-refractivity contribution >= 4 is 12.2 Å². The number of rotatable bonds is 4. The van der Waals surface area contributed by atoms with E-state index in [1.54, 1.807) is 11.1 Å². The summed E-state index contributed by atoms with van der Waals surface area (Å²) in [5.41, 5.74) is 18.7. The van der Waals surface area contributed by atoms with Gasteiger partial charge in [0.25, 0.3) is 0 Å². The molecular weight excluding hydrogens is 695 g/mol. The standard InChI is InChI=1S/C41H40.2CH3.Hf/c1-27(2)29-11-7-13-31(21-29)37-17-9-15-33-23-35(25-39(33)37)41(19-5-6-20-41)36-24-34-16-10-18-38(40(34)26-36)32-14-8-12-30(22-32)28(3)4;;;/h7-18,21-28H,5-6,19-20H2,1-4H3;2*1H3;. The zero-order chi connectivity index (χ0) is 30.4. The molecule has 44 heavy (non-hydrogen) atoms. The molecule has 1 saturated heterocycles. The van der Waals surface area contributed by atoms with Crippen molar-refractivity contribution in [3.8, 4) is 22.3 Å². The Morgan fingerprint density at radius 2 is 1.02 bits per heavy atom. The Balaban J connectivity index is 1.32. The van der Waals surface area contributed by atoms with Gasteiger partial charge in [-0.25, -0.2) is 0 Å². The van der Waals surface area contributed by atoms with Crippen LogP contribution in [0, 0.1) is 5.41 Å². The van der Waals surface area contributed by atoms with Crippen LogP contribution in [0.4, 0.5) is 0 Å². The van der Waals surface area contributed by atoms with Crippen LogP contribution in [-0.2, 0) is 20.0 Å². The fourth-order valence-corrected chi connectivity index (χ4v) is 26.9. The van der Waals surface area contributed by atoms with Crippen molar-refractivity contribution in [2.75, 3.05) is 0 Å². The molecule has 1 aliphatic heterocycles. The van der Waals surface area contributed by atoms with E-state index in [1.807, 2.05) is 11.1 Å². The summed E-state index contributed by atoms with van der Waals surface area (Å²) in [6.45, 7) is 9.23. The van der Waals surface area contributed by atoms with Crippen LogP contribution in [-0.4, -0.2) is 0 Å². The third-order valence-electron chi connectivity index (χ3n) is 11.9. The molecule has 2 unspecified atom stereocenters. The summed E-state index contributed by atoms with van der Waals surface area (Å²) in [5, 5.41) is 0. The van der Waals surface area contributed by atoms with Gasteiger partial charge in [0, 0.05) is 0 Å². The Morgan fingerprint density at radius 1 is 0.591 bits per heavy atom. The molecule has 2 atom stereocenters. The molecule has 0 nitrogen and oxygen atoms in total. The molecule has 222 valence electrons. The Kier molecular flexibility index (Phi) is 6.77. The second kappa shape index (κ2) is 10.4. The summed E-state index contributed by atoms with van der Waals surface area (Å²) >= 11 is -3.06. The van der Waals surface area contributed by atoms with Crippen LogP contribution in [0.3, 0.4) is 0 Å². The van der Waals surface area contributed by atoms with Gasteiger partial charge in [-0.2, -0.15) is 0 Å². The zero-order valence-corrected chi connectivity index (χ0v) is 31.0. The molecule has 1 heterocycles. The summed E-state index contributed by atoms with van der Waals surface area (Å²) in [5.74, 6) is 1.07. The third-order valence-corrected chi connectivity index (χ3v) is 27.1. The summed E-state index contributed by atoms with van der Waals surface area (Å²) in [7, 11) is 0. The SMILES string of the molecule is CC(C)c1cccc(-c2cccc3c2C=C2[CH]3[Hf]([CH3])([CH3])[CH]3C(=Cc4c(-c5cccc(C(C)C)c5)cccc43)C23CCCC3)c1. The molecule has 0 aromatic heterocycles. The van der Waals surface area contributed by atoms with Gasteiger partial charge in [-0.05, 0) is 0 Å². The monoisotopic (exact) mass is 742 g/mol. The minimum atomic E-state index is -3.06. The number of benzene rings is 4. The van der Waals surface area contributed by atoms with Crippen LogP contribution in [0.5, 0.6) is 0 Å². The van der Waals surface area contributed by atoms with Crippen LogP contribution in [0.25, 0.3) is 34.4 Å². The van der Waals surface area contributed by atoms with Crippen molar-refractivity contribution in [3.05, 3.63) is 129 Å². The van der Waals surface area contributed by atoms with Crippen molar-refractivity contribution in [2.45, 2.75) is 81.9 Å². The molecule has 1 heteroatoms. The summed E-state index contributed by atoms with van der Waals surface area (Å²) in [6.07, 6.45) is 10.8. The molecule has 1 saturated carbocycles. The second-order valence-electron chi connectivity index (χ2n) is 15.4. The molecule has 4 aliphatic rings. The van der Waals surface area contributed by atoms with Gasteiger partial charge in [0.15, 0.2) is 0 Å². The predicted octanol–water partition coefficient (Wildman–Crippen LogP) is 12.7. The summed E-state index contributed by atoms with van der Waals surface area (Å²) in [6, 6.07) is 33.2. The van der Waals surface area contributed by atoms with E-state index < -0.39 is 20.0 Å². The van der Waals surface area contributed by atoms with Crippen molar-refractivity contribution in [1.29, 1.82) is 0 Å². The van der Waals surface area contributed by atoms with Gasteiger partial charge in [0.2, 0.25) is 0 Å². The summed E-state index contributed by atoms with van der Waals surface area (Å²) in [4.78, 5) is 0. The van der Waals surface area contributed by atoms with E-state index in [-0.39, 0.29) is 5.41 Å². The maximum atomic E-state index is 2.80. The number of fused-ring (bicyclic) bond motifs is 8. The van der Waals surface area contributed by atoms with Crippen molar-refractivity contribution in [3.63, 3.8) is 0 Å². The van der Waals surface area contributed by atoms with E-state index in [9.17, 15) is 0 Å². The van der Waals surface area contributed by atoms with E-state index in [0.29, 0.717) is 19.2 Å². The van der Waals surface area contributed by atoms with Gasteiger partial charge in [-0.15, -0.1) is 0 Å². The number of hydrogen-bond donors (Lipinski definition) is 0. The average Bonchev–Trinajstić information content (AvgIpc) is 3.77. The Hall–Kier alpha value is -2.77. The first-order valence-electron chi connectivity index (χ1n) is 17.1. The summed E-state index contributed by atoms with van der Waals surface area (Å²) < 4.78 is 6.91. The molecule has 0 amide bonds. The zero-order valence-electron chi connectivity index (χ0n) is 27.4. The van der Waals surface area contributed by atoms with Crippen molar-refractivity contribution in [2.24, 2.45) is 5.41 Å². The first-order valence-corrected chi connectivity index (χ1v) is 28.4. The van der Waals surface area contributed by atoms with E-state index in [0.717, 1.165) is 0 Å². The molecule has 8 rings (SSSR count). The Morgan fingerprint density at radius 3 is 1.45 bits per heavy atom. The molecule has 2 fully saturated rings. The molecule has 0 N–H and O–H groups in total. The van der Waals surface area contributed by atoms with Gasteiger partial charge in [0.1, 0.15) is 0 Å². The van der Waals surface area contributed by atoms with E-state index in [4.69, 9.17) is 0 Å². The van der Waals surface area contributed by atoms with Crippen molar-refractivity contribution < 1.29 is 20.0 Å². The van der Waals surface area contributed by atoms with Gasteiger partial charge >= 0.3 is 271 Å². The quantitative estimate of drug-likeness (QED) is 0.183. The fourth-order valence-electron chi connectivity index (χ4n) is 9.76. The van der Waals surface area contributed by atoms with Gasteiger partial charge in [0.05, 0.1) is 0 Å².